The standard InChI is InChI=1S/C28H26ClF2N5O2/c1-14-25-19(10-11-35(25)27(37)38-28(2,3)4)36(14)26-17-12-32-23(22(31)24(17)33-13-34-26)16-7-5-6-15-8-9-18(30)21(29)20(15)16/h5-9,12-14,19,25H,10-11H2,1-4H3/t14-,19-,25-/m1/s1. The monoisotopic (exact) mass is 537 g/mol. The number of halogens is 3. The van der Waals surface area contributed by atoms with Crippen LogP contribution in [0, 0.1) is 11.6 Å². The molecule has 0 radical (unpaired) electrons. The predicted molar refractivity (Wildman–Crippen MR) is 142 cm³/mol. The van der Waals surface area contributed by atoms with Gasteiger partial charge in [-0.05, 0) is 45.6 Å². The molecule has 2 saturated heterocycles. The minimum absolute atomic E-state index is 0.0261. The Bertz CT molecular complexity index is 1610. The first kappa shape index (κ1) is 24.7. The summed E-state index contributed by atoms with van der Waals surface area (Å²) in [4.78, 5) is 29.8. The number of nitrogens with zero attached hydrogens (tertiary/aromatic N) is 5. The Morgan fingerprint density at radius 1 is 1.13 bits per heavy atom. The van der Waals surface area contributed by atoms with Crippen molar-refractivity contribution < 1.29 is 18.3 Å². The van der Waals surface area contributed by atoms with Crippen molar-refractivity contribution in [2.75, 3.05) is 11.4 Å². The summed E-state index contributed by atoms with van der Waals surface area (Å²) in [5.41, 5.74) is -0.0484. The number of aromatic nitrogens is 3. The Hall–Kier alpha value is -3.59. The number of likely N-dealkylation sites (tertiary alicyclic amines) is 1. The fourth-order valence-electron chi connectivity index (χ4n) is 5.81. The fraction of sp³-hybridized carbons (Fsp3) is 0.357. The van der Waals surface area contributed by atoms with Crippen LogP contribution < -0.4 is 4.90 Å². The van der Waals surface area contributed by atoms with Crippen LogP contribution in [0.25, 0.3) is 32.9 Å². The highest BCUT2D eigenvalue weighted by Gasteiger charge is 2.55. The fourth-order valence-corrected chi connectivity index (χ4v) is 6.09. The van der Waals surface area contributed by atoms with Gasteiger partial charge in [0, 0.05) is 23.7 Å². The molecule has 0 unspecified atom stereocenters. The van der Waals surface area contributed by atoms with Gasteiger partial charge in [0.2, 0.25) is 0 Å². The second-order valence-corrected chi connectivity index (χ2v) is 11.2. The number of pyridine rings is 1. The molecule has 2 aromatic heterocycles. The summed E-state index contributed by atoms with van der Waals surface area (Å²) in [6.07, 6.45) is 3.30. The number of benzene rings is 2. The molecule has 0 saturated carbocycles. The van der Waals surface area contributed by atoms with E-state index in [0.29, 0.717) is 34.1 Å². The average molecular weight is 538 g/mol. The van der Waals surface area contributed by atoms with Gasteiger partial charge in [0.15, 0.2) is 5.82 Å². The Morgan fingerprint density at radius 2 is 1.92 bits per heavy atom. The highest BCUT2D eigenvalue weighted by molar-refractivity contribution is 6.36. The molecule has 6 rings (SSSR count). The summed E-state index contributed by atoms with van der Waals surface area (Å²) >= 11 is 6.29. The summed E-state index contributed by atoms with van der Waals surface area (Å²) in [7, 11) is 0. The first-order valence-corrected chi connectivity index (χ1v) is 12.9. The molecule has 2 aliphatic rings. The van der Waals surface area contributed by atoms with E-state index in [4.69, 9.17) is 16.3 Å². The molecule has 0 aliphatic carbocycles. The van der Waals surface area contributed by atoms with E-state index in [0.717, 1.165) is 6.42 Å². The second kappa shape index (κ2) is 8.73. The number of carbonyl (C=O) groups excluding carboxylic acids is 1. The lowest BCUT2D eigenvalue weighted by Crippen LogP contribution is -2.69. The maximum Gasteiger partial charge on any atom is 0.410 e. The Balaban J connectivity index is 1.38. The maximum atomic E-state index is 16.0. The van der Waals surface area contributed by atoms with E-state index in [1.165, 1.54) is 12.4 Å². The zero-order chi connectivity index (χ0) is 26.9. The number of rotatable bonds is 2. The van der Waals surface area contributed by atoms with Crippen LogP contribution in [-0.4, -0.2) is 56.2 Å². The molecule has 2 fully saturated rings. The summed E-state index contributed by atoms with van der Waals surface area (Å²) < 4.78 is 35.9. The quantitative estimate of drug-likeness (QED) is 0.296. The van der Waals surface area contributed by atoms with Crippen molar-refractivity contribution in [1.29, 1.82) is 0 Å². The van der Waals surface area contributed by atoms with Gasteiger partial charge in [0.25, 0.3) is 0 Å². The molecule has 2 aliphatic heterocycles. The highest BCUT2D eigenvalue weighted by atomic mass is 35.5. The summed E-state index contributed by atoms with van der Waals surface area (Å²) in [6.45, 7) is 8.13. The van der Waals surface area contributed by atoms with Crippen LogP contribution >= 0.6 is 11.6 Å². The summed E-state index contributed by atoms with van der Waals surface area (Å²) in [5.74, 6) is -0.656. The van der Waals surface area contributed by atoms with E-state index in [-0.39, 0.29) is 40.5 Å². The Labute approximate surface area is 223 Å². The van der Waals surface area contributed by atoms with Crippen molar-refractivity contribution in [3.8, 4) is 11.3 Å². The molecule has 0 N–H and O–H groups in total. The molecule has 2 aromatic carbocycles. The zero-order valence-corrected chi connectivity index (χ0v) is 22.1. The molecule has 0 spiro atoms. The molecule has 1 amide bonds. The molecular weight excluding hydrogens is 512 g/mol. The molecular formula is C28H26ClF2N5O2. The van der Waals surface area contributed by atoms with E-state index in [9.17, 15) is 9.18 Å². The highest BCUT2D eigenvalue weighted by Crippen LogP contribution is 2.44. The number of fused-ring (bicyclic) bond motifs is 3. The number of hydrogen-bond acceptors (Lipinski definition) is 6. The van der Waals surface area contributed by atoms with Gasteiger partial charge in [0.1, 0.15) is 34.8 Å². The van der Waals surface area contributed by atoms with E-state index >= 15 is 4.39 Å². The Kier molecular flexibility index (Phi) is 5.68. The molecule has 4 aromatic rings. The maximum absolute atomic E-state index is 16.0. The largest absolute Gasteiger partial charge is 0.444 e. The minimum Gasteiger partial charge on any atom is -0.444 e. The van der Waals surface area contributed by atoms with Crippen molar-refractivity contribution in [2.24, 2.45) is 0 Å². The third kappa shape index (κ3) is 3.74. The van der Waals surface area contributed by atoms with Crippen molar-refractivity contribution in [1.82, 2.24) is 19.9 Å². The molecule has 0 bridgehead atoms. The van der Waals surface area contributed by atoms with E-state index in [1.807, 2.05) is 27.7 Å². The zero-order valence-electron chi connectivity index (χ0n) is 21.4. The number of ether oxygens (including phenoxy) is 1. The third-order valence-corrected chi connectivity index (χ3v) is 7.74. The lowest BCUT2D eigenvalue weighted by atomic mass is 9.88. The van der Waals surface area contributed by atoms with Gasteiger partial charge in [-0.25, -0.2) is 23.5 Å². The minimum atomic E-state index is -0.634. The second-order valence-electron chi connectivity index (χ2n) is 10.8. The number of carbonyl (C=O) groups is 1. The first-order valence-electron chi connectivity index (χ1n) is 12.5. The first-order chi connectivity index (χ1) is 18.1. The lowest BCUT2D eigenvalue weighted by molar-refractivity contribution is 0.0150. The van der Waals surface area contributed by atoms with Crippen molar-refractivity contribution in [3.63, 3.8) is 0 Å². The van der Waals surface area contributed by atoms with Gasteiger partial charge < -0.3 is 14.5 Å². The molecule has 3 atom stereocenters. The van der Waals surface area contributed by atoms with Crippen LogP contribution in [0.1, 0.15) is 34.1 Å². The summed E-state index contributed by atoms with van der Waals surface area (Å²) in [6, 6.07) is 8.02. The SMILES string of the molecule is C[C@@H]1[C@@H]2[C@@H](CCN2C(=O)OC(C)(C)C)N1c1ncnc2c(F)c(-c3cccc4ccc(F)c(Cl)c34)ncc12. The molecule has 196 valence electrons. The van der Waals surface area contributed by atoms with Gasteiger partial charge in [-0.1, -0.05) is 35.9 Å². The van der Waals surface area contributed by atoms with Crippen molar-refractivity contribution >= 4 is 45.2 Å². The predicted octanol–water partition coefficient (Wildman–Crippen LogP) is 6.36. The molecule has 38 heavy (non-hydrogen) atoms. The van der Waals surface area contributed by atoms with Crippen molar-refractivity contribution in [2.45, 2.75) is 57.8 Å². The number of anilines is 1. The van der Waals surface area contributed by atoms with Crippen LogP contribution in [0.4, 0.5) is 19.4 Å². The van der Waals surface area contributed by atoms with Crippen LogP contribution in [0.5, 0.6) is 0 Å². The number of amides is 1. The lowest BCUT2D eigenvalue weighted by Gasteiger charge is -2.53. The van der Waals surface area contributed by atoms with E-state index < -0.39 is 17.2 Å². The van der Waals surface area contributed by atoms with Gasteiger partial charge in [-0.3, -0.25) is 4.98 Å². The van der Waals surface area contributed by atoms with Crippen LogP contribution in [0.15, 0.2) is 42.9 Å². The van der Waals surface area contributed by atoms with Gasteiger partial charge >= 0.3 is 6.09 Å². The van der Waals surface area contributed by atoms with Gasteiger partial charge in [-0.2, -0.15) is 0 Å². The summed E-state index contributed by atoms with van der Waals surface area (Å²) in [5, 5.41) is 1.45. The molecule has 7 nitrogen and oxygen atoms in total. The smallest absolute Gasteiger partial charge is 0.410 e. The van der Waals surface area contributed by atoms with Gasteiger partial charge in [0.05, 0.1) is 28.5 Å². The number of hydrogen-bond donors (Lipinski definition) is 0. The Morgan fingerprint density at radius 3 is 2.68 bits per heavy atom. The van der Waals surface area contributed by atoms with E-state index in [2.05, 4.69) is 19.9 Å². The van der Waals surface area contributed by atoms with E-state index in [1.54, 1.807) is 35.4 Å². The third-order valence-electron chi connectivity index (χ3n) is 7.37. The van der Waals surface area contributed by atoms with Crippen molar-refractivity contribution in [3.05, 3.63) is 59.5 Å². The average Bonchev–Trinajstić information content (AvgIpc) is 3.26. The molecule has 10 heteroatoms. The molecule has 4 heterocycles. The van der Waals surface area contributed by atoms with Crippen LogP contribution in [0.3, 0.4) is 0 Å². The van der Waals surface area contributed by atoms with Crippen LogP contribution in [-0.2, 0) is 4.74 Å². The normalized spacial score (nSPS) is 21.1. The van der Waals surface area contributed by atoms with Gasteiger partial charge in [-0.15, -0.1) is 0 Å². The van der Waals surface area contributed by atoms with Crippen LogP contribution in [0.2, 0.25) is 5.02 Å². The topological polar surface area (TPSA) is 71.5 Å².